The van der Waals surface area contributed by atoms with Crippen LogP contribution in [0, 0.1) is 0 Å². The third kappa shape index (κ3) is 3.90. The number of nitrogens with zero attached hydrogens (tertiary/aromatic N) is 2. The second-order valence-electron chi connectivity index (χ2n) is 7.30. The number of hydrogen-bond acceptors (Lipinski definition) is 4. The number of aromatic amines is 1. The third-order valence-electron chi connectivity index (χ3n) is 5.38. The van der Waals surface area contributed by atoms with Crippen molar-refractivity contribution >= 4 is 11.8 Å². The van der Waals surface area contributed by atoms with Crippen LogP contribution in [0.3, 0.4) is 0 Å². The number of carbonyl (C=O) groups is 2. The van der Waals surface area contributed by atoms with Crippen molar-refractivity contribution in [3.05, 3.63) is 89.0 Å². The van der Waals surface area contributed by atoms with Crippen molar-refractivity contribution in [2.75, 3.05) is 0 Å². The Hall–Kier alpha value is -3.45. The molecule has 2 atom stereocenters. The normalized spacial score (nSPS) is 16.9. The molecule has 0 bridgehead atoms. The van der Waals surface area contributed by atoms with Crippen LogP contribution in [0.1, 0.15) is 38.9 Å². The Bertz CT molecular complexity index is 1010. The lowest BCUT2D eigenvalue weighted by molar-refractivity contribution is -0.136. The molecule has 148 valence electrons. The van der Waals surface area contributed by atoms with E-state index >= 15 is 0 Å². The molecule has 0 spiro atoms. The van der Waals surface area contributed by atoms with Crippen LogP contribution in [0.4, 0.5) is 0 Å². The Labute approximate surface area is 168 Å². The fraction of sp³-hybridized carbons (Fsp3) is 0.227. The summed E-state index contributed by atoms with van der Waals surface area (Å²) in [4.78, 5) is 33.8. The zero-order valence-corrected chi connectivity index (χ0v) is 15.9. The number of nitrogens with one attached hydrogen (secondary N) is 1. The van der Waals surface area contributed by atoms with E-state index in [1.54, 1.807) is 36.7 Å². The number of carbonyl (C=O) groups excluding carboxylic acids is 2. The summed E-state index contributed by atoms with van der Waals surface area (Å²) in [5, 5.41) is 0. The van der Waals surface area contributed by atoms with Crippen molar-refractivity contribution in [2.45, 2.75) is 31.5 Å². The number of amides is 2. The first kappa shape index (κ1) is 18.9. The van der Waals surface area contributed by atoms with E-state index in [0.717, 1.165) is 17.0 Å². The van der Waals surface area contributed by atoms with Gasteiger partial charge in [-0.25, -0.2) is 4.98 Å². The highest BCUT2D eigenvalue weighted by molar-refractivity contribution is 5.92. The van der Waals surface area contributed by atoms with Gasteiger partial charge in [-0.2, -0.15) is 0 Å². The zero-order valence-electron chi connectivity index (χ0n) is 15.9. The van der Waals surface area contributed by atoms with Gasteiger partial charge in [0.25, 0.3) is 0 Å². The molecule has 1 aromatic heterocycles. The first-order valence-electron chi connectivity index (χ1n) is 9.54. The van der Waals surface area contributed by atoms with Crippen LogP contribution >= 0.6 is 0 Å². The minimum absolute atomic E-state index is 0.125. The smallest absolute Gasteiger partial charge is 0.248 e. The molecular formula is C22H23N5O2. The monoisotopic (exact) mass is 389 g/mol. The average Bonchev–Trinajstić information content (AvgIpc) is 3.27. The Morgan fingerprint density at radius 3 is 2.52 bits per heavy atom. The minimum atomic E-state index is -0.697. The van der Waals surface area contributed by atoms with Gasteiger partial charge in [0, 0.05) is 30.9 Å². The Balaban J connectivity index is 1.55. The van der Waals surface area contributed by atoms with Gasteiger partial charge in [-0.3, -0.25) is 9.59 Å². The van der Waals surface area contributed by atoms with Crippen LogP contribution in [-0.2, 0) is 24.2 Å². The molecule has 29 heavy (non-hydrogen) atoms. The number of H-pyrrole nitrogens is 1. The largest absolute Gasteiger partial charge is 0.366 e. The maximum absolute atomic E-state index is 13.3. The number of primary amides is 1. The minimum Gasteiger partial charge on any atom is -0.366 e. The lowest BCUT2D eigenvalue weighted by Gasteiger charge is -2.37. The van der Waals surface area contributed by atoms with Crippen LogP contribution in [-0.4, -0.2) is 32.7 Å². The van der Waals surface area contributed by atoms with Crippen molar-refractivity contribution in [2.24, 2.45) is 11.5 Å². The molecule has 3 aromatic rings. The number of benzene rings is 2. The summed E-state index contributed by atoms with van der Waals surface area (Å²) in [6, 6.07) is 14.1. The molecule has 4 rings (SSSR count). The fourth-order valence-electron chi connectivity index (χ4n) is 3.82. The quantitative estimate of drug-likeness (QED) is 0.615. The van der Waals surface area contributed by atoms with Crippen molar-refractivity contribution in [1.82, 2.24) is 14.9 Å². The van der Waals surface area contributed by atoms with Gasteiger partial charge in [0.05, 0.1) is 12.1 Å². The van der Waals surface area contributed by atoms with Gasteiger partial charge in [-0.05, 0) is 35.2 Å². The molecule has 0 saturated carbocycles. The molecule has 5 N–H and O–H groups in total. The predicted octanol–water partition coefficient (Wildman–Crippen LogP) is 1.70. The summed E-state index contributed by atoms with van der Waals surface area (Å²) in [7, 11) is 0. The summed E-state index contributed by atoms with van der Waals surface area (Å²) in [6.45, 7) is 0.495. The molecule has 1 unspecified atom stereocenters. The highest BCUT2D eigenvalue weighted by Crippen LogP contribution is 2.32. The summed E-state index contributed by atoms with van der Waals surface area (Å²) in [5.74, 6) is 0.149. The summed E-state index contributed by atoms with van der Waals surface area (Å²) < 4.78 is 0. The third-order valence-corrected chi connectivity index (χ3v) is 5.38. The van der Waals surface area contributed by atoms with Crippen LogP contribution in [0.15, 0.2) is 60.9 Å². The van der Waals surface area contributed by atoms with Crippen LogP contribution in [0.2, 0.25) is 0 Å². The van der Waals surface area contributed by atoms with Crippen LogP contribution in [0.5, 0.6) is 0 Å². The molecule has 2 heterocycles. The van der Waals surface area contributed by atoms with Crippen LogP contribution < -0.4 is 11.5 Å². The van der Waals surface area contributed by atoms with E-state index < -0.39 is 11.9 Å². The topological polar surface area (TPSA) is 118 Å². The molecular weight excluding hydrogens is 366 g/mol. The molecule has 0 radical (unpaired) electrons. The molecule has 7 heteroatoms. The molecule has 2 aromatic carbocycles. The summed E-state index contributed by atoms with van der Waals surface area (Å²) in [6.07, 6.45) is 4.52. The van der Waals surface area contributed by atoms with Crippen molar-refractivity contribution in [3.8, 4) is 0 Å². The zero-order chi connectivity index (χ0) is 20.4. The van der Waals surface area contributed by atoms with Gasteiger partial charge in [0.15, 0.2) is 0 Å². The van der Waals surface area contributed by atoms with E-state index in [4.69, 9.17) is 11.5 Å². The second-order valence-corrected chi connectivity index (χ2v) is 7.30. The number of nitrogens with two attached hydrogens (primary N) is 2. The average molecular weight is 389 g/mol. The summed E-state index contributed by atoms with van der Waals surface area (Å²) >= 11 is 0. The van der Waals surface area contributed by atoms with Gasteiger partial charge in [0.1, 0.15) is 5.82 Å². The molecule has 0 fully saturated rings. The maximum atomic E-state index is 13.3. The van der Waals surface area contributed by atoms with Gasteiger partial charge in [0.2, 0.25) is 11.8 Å². The number of aromatic nitrogens is 2. The Morgan fingerprint density at radius 1 is 1.14 bits per heavy atom. The standard InChI is InChI=1S/C22H23N5O2/c23-18(11-14-5-7-15(8-6-14)20(24)28)22(29)27-13-17-4-2-1-3-16(17)12-19(27)21-25-9-10-26-21/h1-10,18-19H,11-13,23H2,(H2,24,28)(H,25,26)/t18?,19-/m0/s1. The number of fused-ring (bicyclic) bond motifs is 1. The lowest BCUT2D eigenvalue weighted by atomic mass is 9.92. The highest BCUT2D eigenvalue weighted by Gasteiger charge is 2.34. The molecule has 7 nitrogen and oxygen atoms in total. The summed E-state index contributed by atoms with van der Waals surface area (Å²) in [5.41, 5.74) is 15.2. The van der Waals surface area contributed by atoms with Crippen molar-refractivity contribution < 1.29 is 9.59 Å². The first-order valence-corrected chi connectivity index (χ1v) is 9.54. The van der Waals surface area contributed by atoms with Crippen molar-refractivity contribution in [1.29, 1.82) is 0 Å². The van der Waals surface area contributed by atoms with E-state index in [2.05, 4.69) is 16.0 Å². The SMILES string of the molecule is NC(=O)c1ccc(CC(N)C(=O)N2Cc3ccccc3C[C@H]2c2ncc[nH]2)cc1. The van der Waals surface area contributed by atoms with Gasteiger partial charge in [-0.1, -0.05) is 36.4 Å². The van der Waals surface area contributed by atoms with E-state index in [-0.39, 0.29) is 11.9 Å². The molecule has 2 amide bonds. The Kier molecular flexibility index (Phi) is 5.14. The van der Waals surface area contributed by atoms with E-state index in [9.17, 15) is 9.59 Å². The van der Waals surface area contributed by atoms with Gasteiger partial charge >= 0.3 is 0 Å². The maximum Gasteiger partial charge on any atom is 0.248 e. The molecule has 1 aliphatic rings. The van der Waals surface area contributed by atoms with Gasteiger partial charge in [-0.15, -0.1) is 0 Å². The number of imidazole rings is 1. The fourth-order valence-corrected chi connectivity index (χ4v) is 3.82. The molecule has 0 saturated heterocycles. The molecule has 0 aliphatic carbocycles. The first-order chi connectivity index (χ1) is 14.0. The van der Waals surface area contributed by atoms with Gasteiger partial charge < -0.3 is 21.4 Å². The van der Waals surface area contributed by atoms with E-state index in [1.165, 1.54) is 5.56 Å². The Morgan fingerprint density at radius 2 is 1.86 bits per heavy atom. The second kappa shape index (κ2) is 7.89. The lowest BCUT2D eigenvalue weighted by Crippen LogP contribution is -2.48. The highest BCUT2D eigenvalue weighted by atomic mass is 16.2. The van der Waals surface area contributed by atoms with E-state index in [0.29, 0.717) is 24.9 Å². The number of rotatable bonds is 5. The van der Waals surface area contributed by atoms with Crippen LogP contribution in [0.25, 0.3) is 0 Å². The number of hydrogen-bond donors (Lipinski definition) is 3. The predicted molar refractivity (Wildman–Crippen MR) is 109 cm³/mol. The van der Waals surface area contributed by atoms with Crippen molar-refractivity contribution in [3.63, 3.8) is 0 Å². The van der Waals surface area contributed by atoms with E-state index in [1.807, 2.05) is 23.1 Å². The molecule has 1 aliphatic heterocycles.